The Labute approximate surface area is 98.2 Å². The summed E-state index contributed by atoms with van der Waals surface area (Å²) in [5.74, 6) is -2.27. The molecule has 1 aliphatic heterocycles. The van der Waals surface area contributed by atoms with E-state index in [0.29, 0.717) is 5.32 Å². The second kappa shape index (κ2) is 4.15. The Morgan fingerprint density at radius 2 is 1.42 bits per heavy atom. The van der Waals surface area contributed by atoms with Crippen LogP contribution in [0.5, 0.6) is 0 Å². The highest BCUT2D eigenvalue weighted by Crippen LogP contribution is 2.47. The topological polar surface area (TPSA) is 38.3 Å². The third kappa shape index (κ3) is 2.87. The van der Waals surface area contributed by atoms with Crippen LogP contribution >= 0.6 is 0 Å². The van der Waals surface area contributed by atoms with Crippen LogP contribution in [0.25, 0.3) is 0 Å². The van der Waals surface area contributed by atoms with Gasteiger partial charge in [-0.15, -0.1) is 0 Å². The summed E-state index contributed by atoms with van der Waals surface area (Å²) in [4.78, 5) is 10.8. The minimum atomic E-state index is -6.15. The van der Waals surface area contributed by atoms with E-state index in [0.717, 1.165) is 0 Å². The maximum Gasteiger partial charge on any atom is 0.452 e. The number of carbonyl (C=O) groups is 1. The average molecular weight is 305 g/mol. The lowest BCUT2D eigenvalue weighted by molar-refractivity contribution is -0.369. The van der Waals surface area contributed by atoms with Gasteiger partial charge < -0.3 is 4.74 Å². The number of cyclic esters (lactones) is 1. The summed E-state index contributed by atoms with van der Waals surface area (Å²) in [6, 6.07) is -2.77. The van der Waals surface area contributed by atoms with E-state index in [1.807, 2.05) is 0 Å². The quantitative estimate of drug-likeness (QED) is 0.596. The van der Waals surface area contributed by atoms with Crippen molar-refractivity contribution in [2.75, 3.05) is 0 Å². The Morgan fingerprint density at radius 3 is 1.68 bits per heavy atom. The summed E-state index contributed by atoms with van der Waals surface area (Å²) >= 11 is 0. The Morgan fingerprint density at radius 1 is 1.00 bits per heavy atom. The van der Waals surface area contributed by atoms with Crippen LogP contribution in [0.3, 0.4) is 0 Å². The molecule has 0 spiro atoms. The van der Waals surface area contributed by atoms with Gasteiger partial charge in [-0.25, -0.2) is 0 Å². The fourth-order valence-electron chi connectivity index (χ4n) is 1.36. The van der Waals surface area contributed by atoms with E-state index in [9.17, 15) is 44.3 Å². The zero-order chi connectivity index (χ0) is 15.3. The molecule has 1 atom stereocenters. The molecule has 3 nitrogen and oxygen atoms in total. The molecule has 1 aliphatic rings. The minimum absolute atomic E-state index is 0.549. The Kier molecular flexibility index (Phi) is 3.46. The molecule has 0 unspecified atom stereocenters. The van der Waals surface area contributed by atoms with Crippen molar-refractivity contribution in [3.05, 3.63) is 0 Å². The molecule has 1 saturated heterocycles. The Balaban J connectivity index is 3.11. The number of nitrogens with one attached hydrogen (secondary N) is 1. The summed E-state index contributed by atoms with van der Waals surface area (Å²) in [6.45, 7) is 0. The van der Waals surface area contributed by atoms with E-state index >= 15 is 0 Å². The molecule has 0 saturated carbocycles. The van der Waals surface area contributed by atoms with Crippen molar-refractivity contribution >= 4 is 5.97 Å². The summed E-state index contributed by atoms with van der Waals surface area (Å²) in [6.07, 6.45) is -19.6. The third-order valence-electron chi connectivity index (χ3n) is 2.15. The van der Waals surface area contributed by atoms with Gasteiger partial charge in [0.2, 0.25) is 0 Å². The summed E-state index contributed by atoms with van der Waals surface area (Å²) < 4.78 is 113. The van der Waals surface area contributed by atoms with Crippen molar-refractivity contribution in [2.24, 2.45) is 0 Å². The van der Waals surface area contributed by atoms with Crippen LogP contribution in [0.1, 0.15) is 6.42 Å². The van der Waals surface area contributed by atoms with Crippen molar-refractivity contribution in [1.29, 1.82) is 0 Å². The summed E-state index contributed by atoms with van der Waals surface area (Å²) in [5, 5.41) is 0.549. The van der Waals surface area contributed by atoms with E-state index in [1.165, 1.54) is 0 Å². The van der Waals surface area contributed by atoms with Crippen molar-refractivity contribution in [2.45, 2.75) is 36.7 Å². The van der Waals surface area contributed by atoms with Gasteiger partial charge in [-0.3, -0.25) is 10.1 Å². The number of hydrogen-bond acceptors (Lipinski definition) is 3. The number of esters is 1. The van der Waals surface area contributed by atoms with Crippen LogP contribution in [0.4, 0.5) is 39.5 Å². The number of ether oxygens (including phenoxy) is 1. The van der Waals surface area contributed by atoms with Crippen molar-refractivity contribution in [3.63, 3.8) is 0 Å². The molecule has 112 valence electrons. The van der Waals surface area contributed by atoms with Gasteiger partial charge in [0.25, 0.3) is 0 Å². The van der Waals surface area contributed by atoms with Gasteiger partial charge >= 0.3 is 30.2 Å². The van der Waals surface area contributed by atoms with Gasteiger partial charge in [0.05, 0.1) is 6.42 Å². The SMILES string of the molecule is O=C1OC(C(F)(F)F)(C(F)(F)F)N[C@H]1CC(F)(F)F. The molecular weight excluding hydrogens is 301 g/mol. The smallest absolute Gasteiger partial charge is 0.424 e. The van der Waals surface area contributed by atoms with Gasteiger partial charge in [-0.05, 0) is 0 Å². The van der Waals surface area contributed by atoms with Crippen LogP contribution in [0.2, 0.25) is 0 Å². The Bertz CT molecular complexity index is 354. The maximum atomic E-state index is 12.4. The molecule has 0 aliphatic carbocycles. The van der Waals surface area contributed by atoms with E-state index in [1.54, 1.807) is 0 Å². The third-order valence-corrected chi connectivity index (χ3v) is 2.15. The molecule has 1 N–H and O–H groups in total. The van der Waals surface area contributed by atoms with Gasteiger partial charge in [0, 0.05) is 0 Å². The van der Waals surface area contributed by atoms with Gasteiger partial charge in [0.15, 0.2) is 0 Å². The summed E-state index contributed by atoms with van der Waals surface area (Å²) in [5.41, 5.74) is -5.12. The van der Waals surface area contributed by atoms with E-state index < -0.39 is 42.7 Å². The summed E-state index contributed by atoms with van der Waals surface area (Å²) in [7, 11) is 0. The van der Waals surface area contributed by atoms with Crippen molar-refractivity contribution < 1.29 is 49.0 Å². The van der Waals surface area contributed by atoms with Gasteiger partial charge in [-0.2, -0.15) is 39.5 Å². The number of hydrogen-bond donors (Lipinski definition) is 1. The molecule has 0 aromatic rings. The van der Waals surface area contributed by atoms with Gasteiger partial charge in [0.1, 0.15) is 6.04 Å². The predicted octanol–water partition coefficient (Wildman–Crippen LogP) is 2.27. The Hall–Kier alpha value is -1.20. The standard InChI is InChI=1S/C7H4F9NO2/c8-4(9,10)1-2-3(18)19-5(17-2,6(11,12)13)7(14,15)16/h2,17H,1H2/t2-/m0/s1. The number of rotatable bonds is 1. The van der Waals surface area contributed by atoms with Crippen molar-refractivity contribution in [3.8, 4) is 0 Å². The first-order valence-corrected chi connectivity index (χ1v) is 4.40. The fourth-order valence-corrected chi connectivity index (χ4v) is 1.36. The average Bonchev–Trinajstić information content (AvgIpc) is 2.39. The second-order valence-electron chi connectivity index (χ2n) is 3.61. The molecule has 1 fully saturated rings. The number of halogens is 9. The monoisotopic (exact) mass is 305 g/mol. The van der Waals surface area contributed by atoms with E-state index in [-0.39, 0.29) is 0 Å². The molecule has 0 radical (unpaired) electrons. The minimum Gasteiger partial charge on any atom is -0.424 e. The molecule has 1 heterocycles. The van der Waals surface area contributed by atoms with Crippen LogP contribution < -0.4 is 5.32 Å². The molecule has 1 rings (SSSR count). The normalized spacial score (nSPS) is 24.5. The van der Waals surface area contributed by atoms with Crippen LogP contribution in [-0.2, 0) is 9.53 Å². The zero-order valence-electron chi connectivity index (χ0n) is 8.50. The van der Waals surface area contributed by atoms with E-state index in [2.05, 4.69) is 4.74 Å². The molecule has 0 aromatic carbocycles. The zero-order valence-corrected chi connectivity index (χ0v) is 8.50. The van der Waals surface area contributed by atoms with E-state index in [4.69, 9.17) is 0 Å². The first-order valence-electron chi connectivity index (χ1n) is 4.40. The highest BCUT2D eigenvalue weighted by Gasteiger charge is 2.78. The van der Waals surface area contributed by atoms with Gasteiger partial charge in [-0.1, -0.05) is 0 Å². The highest BCUT2D eigenvalue weighted by molar-refractivity contribution is 5.78. The maximum absolute atomic E-state index is 12.4. The molecule has 0 aromatic heterocycles. The molecule has 12 heteroatoms. The lowest BCUT2D eigenvalue weighted by Crippen LogP contribution is -2.65. The number of alkyl halides is 9. The molecule has 0 bridgehead atoms. The predicted molar refractivity (Wildman–Crippen MR) is 38.5 cm³/mol. The first-order chi connectivity index (χ1) is 8.20. The largest absolute Gasteiger partial charge is 0.452 e. The van der Waals surface area contributed by atoms with Crippen molar-refractivity contribution in [1.82, 2.24) is 5.32 Å². The molecule has 19 heavy (non-hydrogen) atoms. The molecular formula is C7H4F9NO2. The van der Waals surface area contributed by atoms with Crippen LogP contribution in [-0.4, -0.2) is 36.3 Å². The lowest BCUT2D eigenvalue weighted by Gasteiger charge is -2.31. The fraction of sp³-hybridized carbons (Fsp3) is 0.857. The first kappa shape index (κ1) is 15.9. The number of carbonyl (C=O) groups excluding carboxylic acids is 1. The highest BCUT2D eigenvalue weighted by atomic mass is 19.4. The second-order valence-corrected chi connectivity index (χ2v) is 3.61. The molecule has 0 amide bonds. The van der Waals surface area contributed by atoms with Crippen LogP contribution in [0, 0.1) is 0 Å². The van der Waals surface area contributed by atoms with Crippen LogP contribution in [0.15, 0.2) is 0 Å². The lowest BCUT2D eigenvalue weighted by atomic mass is 10.1.